The third-order valence-corrected chi connectivity index (χ3v) is 6.87. The Hall–Kier alpha value is -3.76. The monoisotopic (exact) mass is 491 g/mol. The number of anilines is 1. The standard InChI is InChI=1S/C25H33N9O2/c1-24(2,3)23-30-20(31-36-23)22(35)28-17-11-25(4,12-17)8-10-32(5)21-19-7-9-26-34(19)15-18(29-21)16-13-27-33(6)14-16/h7,9,13-15,17H,8,10-12H2,1-6H3,(H,28,35). The van der Waals surface area contributed by atoms with Crippen molar-refractivity contribution in [3.05, 3.63) is 42.6 Å². The molecule has 11 nitrogen and oxygen atoms in total. The lowest BCUT2D eigenvalue weighted by Gasteiger charge is -2.46. The number of aromatic nitrogens is 7. The first kappa shape index (κ1) is 24.0. The SMILES string of the molecule is CN(CCC1(C)CC(NC(=O)c2noc(C(C)(C)C)n2)C1)c1nc(-c2cnn(C)c2)cn2nccc12. The van der Waals surface area contributed by atoms with Crippen LogP contribution in [0.5, 0.6) is 0 Å². The maximum atomic E-state index is 12.6. The number of hydrogen-bond donors (Lipinski definition) is 1. The molecule has 0 radical (unpaired) electrons. The van der Waals surface area contributed by atoms with Crippen molar-refractivity contribution in [2.75, 3.05) is 18.5 Å². The Labute approximate surface area is 209 Å². The highest BCUT2D eigenvalue weighted by Gasteiger charge is 2.41. The molecule has 5 rings (SSSR count). The average molecular weight is 492 g/mol. The van der Waals surface area contributed by atoms with Crippen molar-refractivity contribution in [1.29, 1.82) is 0 Å². The number of amides is 1. The van der Waals surface area contributed by atoms with Crippen LogP contribution in [0.4, 0.5) is 5.82 Å². The summed E-state index contributed by atoms with van der Waals surface area (Å²) in [6.07, 6.45) is 10.3. The number of nitrogens with zero attached hydrogens (tertiary/aromatic N) is 8. The summed E-state index contributed by atoms with van der Waals surface area (Å²) in [6, 6.07) is 2.09. The number of aryl methyl sites for hydroxylation is 1. The predicted octanol–water partition coefficient (Wildman–Crippen LogP) is 3.24. The molecule has 11 heteroatoms. The quantitative estimate of drug-likeness (QED) is 0.418. The van der Waals surface area contributed by atoms with Gasteiger partial charge >= 0.3 is 0 Å². The molecule has 0 saturated heterocycles. The lowest BCUT2D eigenvalue weighted by molar-refractivity contribution is 0.0708. The number of nitrogens with one attached hydrogen (secondary N) is 1. The lowest BCUT2D eigenvalue weighted by Crippen LogP contribution is -2.50. The minimum Gasteiger partial charge on any atom is -0.358 e. The molecular formula is C25H33N9O2. The van der Waals surface area contributed by atoms with Crippen molar-refractivity contribution in [3.8, 4) is 11.3 Å². The number of hydrogen-bond acceptors (Lipinski definition) is 8. The summed E-state index contributed by atoms with van der Waals surface area (Å²) in [5, 5.41) is 15.6. The average Bonchev–Trinajstić information content (AvgIpc) is 3.55. The van der Waals surface area contributed by atoms with Crippen LogP contribution in [0.2, 0.25) is 0 Å². The Bertz CT molecular complexity index is 1390. The zero-order chi connectivity index (χ0) is 25.7. The van der Waals surface area contributed by atoms with Crippen molar-refractivity contribution in [2.24, 2.45) is 12.5 Å². The summed E-state index contributed by atoms with van der Waals surface area (Å²) >= 11 is 0. The zero-order valence-corrected chi connectivity index (χ0v) is 21.7. The van der Waals surface area contributed by atoms with Crippen molar-refractivity contribution in [3.63, 3.8) is 0 Å². The van der Waals surface area contributed by atoms with E-state index in [0.717, 1.165) is 48.4 Å². The second-order valence-electron chi connectivity index (χ2n) is 11.2. The number of fused-ring (bicyclic) bond motifs is 1. The summed E-state index contributed by atoms with van der Waals surface area (Å²) in [4.78, 5) is 24.0. The van der Waals surface area contributed by atoms with E-state index in [2.05, 4.69) is 44.5 Å². The van der Waals surface area contributed by atoms with Gasteiger partial charge in [-0.1, -0.05) is 32.9 Å². The van der Waals surface area contributed by atoms with Crippen molar-refractivity contribution in [1.82, 2.24) is 39.8 Å². The van der Waals surface area contributed by atoms with Crippen LogP contribution in [-0.4, -0.2) is 60.1 Å². The first-order chi connectivity index (χ1) is 17.0. The molecule has 0 aromatic carbocycles. The minimum atomic E-state index is -0.290. The predicted molar refractivity (Wildman–Crippen MR) is 135 cm³/mol. The van der Waals surface area contributed by atoms with E-state index in [1.54, 1.807) is 10.9 Å². The fraction of sp³-hybridized carbons (Fsp3) is 0.520. The molecule has 190 valence electrons. The summed E-state index contributed by atoms with van der Waals surface area (Å²) in [5.41, 5.74) is 2.59. The van der Waals surface area contributed by atoms with E-state index in [-0.39, 0.29) is 28.6 Å². The van der Waals surface area contributed by atoms with E-state index in [1.165, 1.54) is 0 Å². The van der Waals surface area contributed by atoms with Crippen LogP contribution in [0.25, 0.3) is 16.8 Å². The highest BCUT2D eigenvalue weighted by molar-refractivity contribution is 5.90. The molecule has 0 bridgehead atoms. The lowest BCUT2D eigenvalue weighted by atomic mass is 9.65. The van der Waals surface area contributed by atoms with Crippen molar-refractivity contribution in [2.45, 2.75) is 58.4 Å². The van der Waals surface area contributed by atoms with Gasteiger partial charge in [-0.2, -0.15) is 15.2 Å². The van der Waals surface area contributed by atoms with Crippen LogP contribution in [0.1, 0.15) is 63.5 Å². The van der Waals surface area contributed by atoms with Gasteiger partial charge in [0.15, 0.2) is 5.82 Å². The smallest absolute Gasteiger partial charge is 0.292 e. The highest BCUT2D eigenvalue weighted by atomic mass is 16.5. The van der Waals surface area contributed by atoms with Gasteiger partial charge in [0.2, 0.25) is 5.89 Å². The molecule has 0 spiro atoms. The van der Waals surface area contributed by atoms with E-state index >= 15 is 0 Å². The van der Waals surface area contributed by atoms with Crippen molar-refractivity contribution >= 4 is 17.2 Å². The van der Waals surface area contributed by atoms with E-state index in [0.29, 0.717) is 5.89 Å². The van der Waals surface area contributed by atoms with Gasteiger partial charge in [-0.05, 0) is 30.7 Å². The Morgan fingerprint density at radius 1 is 1.25 bits per heavy atom. The highest BCUT2D eigenvalue weighted by Crippen LogP contribution is 2.44. The molecule has 1 aliphatic rings. The summed E-state index contributed by atoms with van der Waals surface area (Å²) < 4.78 is 8.88. The Balaban J connectivity index is 1.20. The van der Waals surface area contributed by atoms with Crippen LogP contribution in [-0.2, 0) is 12.5 Å². The van der Waals surface area contributed by atoms with Gasteiger partial charge < -0.3 is 14.7 Å². The topological polar surface area (TPSA) is 119 Å². The Morgan fingerprint density at radius 2 is 2.03 bits per heavy atom. The van der Waals surface area contributed by atoms with Gasteiger partial charge in [0.1, 0.15) is 5.52 Å². The van der Waals surface area contributed by atoms with E-state index in [9.17, 15) is 4.79 Å². The summed E-state index contributed by atoms with van der Waals surface area (Å²) in [7, 11) is 3.95. The zero-order valence-electron chi connectivity index (χ0n) is 21.7. The molecule has 1 saturated carbocycles. The fourth-order valence-electron chi connectivity index (χ4n) is 4.73. The maximum absolute atomic E-state index is 12.6. The maximum Gasteiger partial charge on any atom is 0.292 e. The molecule has 1 aliphatic carbocycles. The number of rotatable bonds is 7. The third-order valence-electron chi connectivity index (χ3n) is 6.87. The summed E-state index contributed by atoms with van der Waals surface area (Å²) in [6.45, 7) is 9.02. The van der Waals surface area contributed by atoms with Crippen molar-refractivity contribution < 1.29 is 9.32 Å². The molecule has 0 aliphatic heterocycles. The Kier molecular flexibility index (Phi) is 5.80. The first-order valence-corrected chi connectivity index (χ1v) is 12.2. The van der Waals surface area contributed by atoms with Crippen LogP contribution in [0.3, 0.4) is 0 Å². The molecule has 1 N–H and O–H groups in total. The Morgan fingerprint density at radius 3 is 2.69 bits per heavy atom. The molecule has 0 unspecified atom stereocenters. The van der Waals surface area contributed by atoms with Gasteiger partial charge in [0, 0.05) is 43.9 Å². The third kappa shape index (κ3) is 4.69. The number of carbonyl (C=O) groups is 1. The molecule has 4 aromatic heterocycles. The van der Waals surface area contributed by atoms with E-state index < -0.39 is 0 Å². The van der Waals surface area contributed by atoms with Crippen LogP contribution < -0.4 is 10.2 Å². The first-order valence-electron chi connectivity index (χ1n) is 12.2. The molecule has 36 heavy (non-hydrogen) atoms. The second-order valence-corrected chi connectivity index (χ2v) is 11.2. The molecule has 1 amide bonds. The molecular weight excluding hydrogens is 458 g/mol. The number of carbonyl (C=O) groups excluding carboxylic acids is 1. The largest absolute Gasteiger partial charge is 0.358 e. The van der Waals surface area contributed by atoms with Crippen LogP contribution in [0, 0.1) is 5.41 Å². The van der Waals surface area contributed by atoms with Crippen LogP contribution >= 0.6 is 0 Å². The van der Waals surface area contributed by atoms with Gasteiger partial charge in [-0.15, -0.1) is 0 Å². The van der Waals surface area contributed by atoms with Gasteiger partial charge in [0.25, 0.3) is 11.7 Å². The minimum absolute atomic E-state index is 0.0951. The van der Waals surface area contributed by atoms with Gasteiger partial charge in [0.05, 0.1) is 24.3 Å². The fourth-order valence-corrected chi connectivity index (χ4v) is 4.73. The van der Waals surface area contributed by atoms with Gasteiger partial charge in [-0.25, -0.2) is 9.50 Å². The second kappa shape index (κ2) is 8.72. The van der Waals surface area contributed by atoms with Gasteiger partial charge in [-0.3, -0.25) is 9.48 Å². The van der Waals surface area contributed by atoms with E-state index in [4.69, 9.17) is 9.51 Å². The summed E-state index contributed by atoms with van der Waals surface area (Å²) in [5.74, 6) is 1.16. The molecule has 4 heterocycles. The van der Waals surface area contributed by atoms with E-state index in [1.807, 2.05) is 57.0 Å². The molecule has 0 atom stereocenters. The normalized spacial score (nSPS) is 19.9. The van der Waals surface area contributed by atoms with Crippen LogP contribution in [0.15, 0.2) is 35.4 Å². The molecule has 4 aromatic rings. The molecule has 1 fully saturated rings.